The van der Waals surface area contributed by atoms with Crippen LogP contribution in [0.1, 0.15) is 23.6 Å². The maximum Gasteiger partial charge on any atom is 0.220 e. The summed E-state index contributed by atoms with van der Waals surface area (Å²) in [7, 11) is 0. The van der Waals surface area contributed by atoms with Crippen LogP contribution < -0.4 is 4.74 Å². The number of thioether (sulfide) groups is 1. The number of hydrogen-bond donors (Lipinski definition) is 0. The third-order valence-corrected chi connectivity index (χ3v) is 5.87. The first-order valence-electron chi connectivity index (χ1n) is 8.88. The molecule has 0 spiro atoms. The van der Waals surface area contributed by atoms with Crippen molar-refractivity contribution in [3.8, 4) is 11.4 Å². The third kappa shape index (κ3) is 5.03. The fourth-order valence-corrected chi connectivity index (χ4v) is 4.59. The highest BCUT2D eigenvalue weighted by atomic mass is 35.5. The van der Waals surface area contributed by atoms with E-state index in [0.717, 1.165) is 11.8 Å². The van der Waals surface area contributed by atoms with Crippen LogP contribution >= 0.6 is 35.0 Å². The SMILES string of the molecule is CCOc1c(Cl)cc([C@H](C[N+](=O)[O-])Sc2nnc(C)n2-c2ccc(F)cc2)cc1Cl. The minimum Gasteiger partial charge on any atom is -0.491 e. The molecule has 2 aromatic carbocycles. The van der Waals surface area contributed by atoms with Gasteiger partial charge in [-0.25, -0.2) is 4.39 Å². The zero-order valence-electron chi connectivity index (χ0n) is 16.0. The van der Waals surface area contributed by atoms with Crippen LogP contribution in [0.2, 0.25) is 10.0 Å². The summed E-state index contributed by atoms with van der Waals surface area (Å²) in [5.74, 6) is 0.523. The van der Waals surface area contributed by atoms with Crippen LogP contribution in [0.5, 0.6) is 5.75 Å². The van der Waals surface area contributed by atoms with Crippen molar-refractivity contribution in [3.63, 3.8) is 0 Å². The average molecular weight is 471 g/mol. The molecule has 0 bridgehead atoms. The van der Waals surface area contributed by atoms with E-state index >= 15 is 0 Å². The fourth-order valence-electron chi connectivity index (χ4n) is 2.83. The number of aryl methyl sites for hydroxylation is 1. The van der Waals surface area contributed by atoms with Crippen LogP contribution in [-0.4, -0.2) is 32.8 Å². The summed E-state index contributed by atoms with van der Waals surface area (Å²) in [5, 5.41) is 19.9. The lowest BCUT2D eigenvalue weighted by Gasteiger charge is -2.16. The van der Waals surface area contributed by atoms with Gasteiger partial charge in [0, 0.05) is 10.6 Å². The molecule has 0 saturated heterocycles. The number of nitrogens with zero attached hydrogens (tertiary/aromatic N) is 4. The second kappa shape index (κ2) is 9.63. The van der Waals surface area contributed by atoms with Gasteiger partial charge in [-0.3, -0.25) is 14.7 Å². The number of rotatable bonds is 8. The maximum absolute atomic E-state index is 13.3. The van der Waals surface area contributed by atoms with Crippen molar-refractivity contribution >= 4 is 35.0 Å². The second-order valence-electron chi connectivity index (χ2n) is 6.21. The van der Waals surface area contributed by atoms with E-state index in [2.05, 4.69) is 10.2 Å². The first kappa shape index (κ1) is 22.3. The zero-order chi connectivity index (χ0) is 21.8. The molecule has 7 nitrogen and oxygen atoms in total. The Labute approximate surface area is 186 Å². The molecule has 0 radical (unpaired) electrons. The maximum atomic E-state index is 13.3. The lowest BCUT2D eigenvalue weighted by Crippen LogP contribution is -2.11. The van der Waals surface area contributed by atoms with Gasteiger partial charge in [0.1, 0.15) is 16.9 Å². The molecule has 1 atom stereocenters. The molecule has 0 N–H and O–H groups in total. The van der Waals surface area contributed by atoms with Crippen LogP contribution in [0.25, 0.3) is 5.69 Å². The van der Waals surface area contributed by atoms with E-state index in [1.807, 2.05) is 0 Å². The van der Waals surface area contributed by atoms with Crippen molar-refractivity contribution in [1.82, 2.24) is 14.8 Å². The zero-order valence-corrected chi connectivity index (χ0v) is 18.3. The van der Waals surface area contributed by atoms with Crippen LogP contribution in [-0.2, 0) is 0 Å². The lowest BCUT2D eigenvalue weighted by atomic mass is 10.1. The van der Waals surface area contributed by atoms with Gasteiger partial charge >= 0.3 is 0 Å². The molecule has 1 heterocycles. The average Bonchev–Trinajstić information content (AvgIpc) is 3.04. The summed E-state index contributed by atoms with van der Waals surface area (Å²) >= 11 is 13.7. The standard InChI is InChI=1S/C19H17Cl2FN4O3S/c1-3-29-18-15(20)8-12(9-16(18)21)17(10-25(27)28)30-19-24-23-11(2)26(19)14-6-4-13(22)5-7-14/h4-9,17H,3,10H2,1-2H3/t17-/m0/s1. The molecule has 11 heteroatoms. The van der Waals surface area contributed by atoms with E-state index in [0.29, 0.717) is 34.6 Å². The molecule has 3 rings (SSSR count). The molecule has 0 unspecified atom stereocenters. The molecular weight excluding hydrogens is 454 g/mol. The highest BCUT2D eigenvalue weighted by Crippen LogP contribution is 2.41. The monoisotopic (exact) mass is 470 g/mol. The Hall–Kier alpha value is -2.36. The Morgan fingerprint density at radius 1 is 1.23 bits per heavy atom. The smallest absolute Gasteiger partial charge is 0.220 e. The minimum absolute atomic E-state index is 0.268. The van der Waals surface area contributed by atoms with Crippen LogP contribution in [0.4, 0.5) is 4.39 Å². The molecule has 158 valence electrons. The van der Waals surface area contributed by atoms with E-state index in [4.69, 9.17) is 27.9 Å². The Morgan fingerprint density at radius 3 is 2.43 bits per heavy atom. The summed E-state index contributed by atoms with van der Waals surface area (Å²) in [6.07, 6.45) is 0. The topological polar surface area (TPSA) is 83.1 Å². The normalized spacial score (nSPS) is 12.0. The summed E-state index contributed by atoms with van der Waals surface area (Å²) < 4.78 is 20.4. The quantitative estimate of drug-likeness (QED) is 0.244. The fraction of sp³-hybridized carbons (Fsp3) is 0.263. The van der Waals surface area contributed by atoms with Crippen molar-refractivity contribution in [2.24, 2.45) is 0 Å². The lowest BCUT2D eigenvalue weighted by molar-refractivity contribution is -0.479. The number of aromatic nitrogens is 3. The van der Waals surface area contributed by atoms with Crippen molar-refractivity contribution < 1.29 is 14.1 Å². The second-order valence-corrected chi connectivity index (χ2v) is 8.19. The number of benzene rings is 2. The van der Waals surface area contributed by atoms with Crippen molar-refractivity contribution in [2.75, 3.05) is 13.2 Å². The number of hydrogen-bond acceptors (Lipinski definition) is 6. The summed E-state index contributed by atoms with van der Waals surface area (Å²) in [4.78, 5) is 10.9. The molecule has 0 aliphatic carbocycles. The van der Waals surface area contributed by atoms with Gasteiger partial charge in [0.2, 0.25) is 6.54 Å². The molecule has 1 aromatic heterocycles. The first-order valence-corrected chi connectivity index (χ1v) is 10.5. The summed E-state index contributed by atoms with van der Waals surface area (Å²) in [6, 6.07) is 9.02. The van der Waals surface area contributed by atoms with E-state index in [1.165, 1.54) is 12.1 Å². The molecule has 0 saturated carbocycles. The van der Waals surface area contributed by atoms with Gasteiger partial charge in [0.25, 0.3) is 0 Å². The predicted molar refractivity (Wildman–Crippen MR) is 114 cm³/mol. The molecule has 0 aliphatic rings. The molecule has 0 amide bonds. The summed E-state index contributed by atoms with van der Waals surface area (Å²) in [6.45, 7) is 3.54. The van der Waals surface area contributed by atoms with Gasteiger partial charge in [-0.15, -0.1) is 10.2 Å². The van der Waals surface area contributed by atoms with Crippen molar-refractivity contribution in [1.29, 1.82) is 0 Å². The van der Waals surface area contributed by atoms with Crippen LogP contribution in [0, 0.1) is 22.9 Å². The molecule has 0 fully saturated rings. The van der Waals surface area contributed by atoms with Crippen LogP contribution in [0.15, 0.2) is 41.6 Å². The van der Waals surface area contributed by atoms with E-state index in [-0.39, 0.29) is 22.4 Å². The van der Waals surface area contributed by atoms with E-state index in [9.17, 15) is 14.5 Å². The Bertz CT molecular complexity index is 1040. The van der Waals surface area contributed by atoms with Gasteiger partial charge < -0.3 is 4.74 Å². The van der Waals surface area contributed by atoms with E-state index in [1.54, 1.807) is 42.7 Å². The highest BCUT2D eigenvalue weighted by molar-refractivity contribution is 7.99. The van der Waals surface area contributed by atoms with Gasteiger partial charge in [-0.1, -0.05) is 35.0 Å². The molecule has 3 aromatic rings. The van der Waals surface area contributed by atoms with Crippen LogP contribution in [0.3, 0.4) is 0 Å². The first-order chi connectivity index (χ1) is 14.3. The Kier molecular flexibility index (Phi) is 7.17. The largest absolute Gasteiger partial charge is 0.491 e. The van der Waals surface area contributed by atoms with Gasteiger partial charge in [0.15, 0.2) is 10.9 Å². The number of ether oxygens (including phenoxy) is 1. The molecule has 0 aliphatic heterocycles. The predicted octanol–water partition coefficient (Wildman–Crippen LogP) is 5.53. The van der Waals surface area contributed by atoms with Gasteiger partial charge in [-0.05, 0) is 55.8 Å². The Morgan fingerprint density at radius 2 is 1.87 bits per heavy atom. The van der Waals surface area contributed by atoms with Crippen molar-refractivity contribution in [3.05, 3.63) is 73.8 Å². The highest BCUT2D eigenvalue weighted by Gasteiger charge is 2.25. The number of halogens is 3. The number of nitro groups is 1. The summed E-state index contributed by atoms with van der Waals surface area (Å²) in [5.41, 5.74) is 1.20. The van der Waals surface area contributed by atoms with Crippen molar-refractivity contribution in [2.45, 2.75) is 24.3 Å². The molecular formula is C19H17Cl2FN4O3S. The van der Waals surface area contributed by atoms with Gasteiger partial charge in [0.05, 0.1) is 16.7 Å². The Balaban J connectivity index is 2.00. The molecule has 30 heavy (non-hydrogen) atoms. The van der Waals surface area contributed by atoms with Gasteiger partial charge in [-0.2, -0.15) is 0 Å². The minimum atomic E-state index is -0.645. The van der Waals surface area contributed by atoms with E-state index < -0.39 is 10.2 Å². The third-order valence-electron chi connectivity index (χ3n) is 4.12.